The van der Waals surface area contributed by atoms with Crippen molar-refractivity contribution in [3.05, 3.63) is 28.7 Å². The summed E-state index contributed by atoms with van der Waals surface area (Å²) in [5, 5.41) is 2.93. The lowest BCUT2D eigenvalue weighted by Gasteiger charge is -2.26. The summed E-state index contributed by atoms with van der Waals surface area (Å²) >= 11 is 6.60. The highest BCUT2D eigenvalue weighted by molar-refractivity contribution is 8.26. The second-order valence-corrected chi connectivity index (χ2v) is 9.03. The monoisotopic (exact) mass is 463 g/mol. The first kappa shape index (κ1) is 22.1. The molecule has 31 heavy (non-hydrogen) atoms. The van der Waals surface area contributed by atoms with Crippen LogP contribution in [0.5, 0.6) is 11.5 Å². The number of nitrogens with zero attached hydrogens (tertiary/aromatic N) is 2. The average Bonchev–Trinajstić information content (AvgIpc) is 3.34. The minimum atomic E-state index is -0.173. The summed E-state index contributed by atoms with van der Waals surface area (Å²) in [4.78, 5) is 29.3. The van der Waals surface area contributed by atoms with Gasteiger partial charge in [0.25, 0.3) is 5.91 Å². The Morgan fingerprint density at radius 1 is 1.19 bits per heavy atom. The van der Waals surface area contributed by atoms with Gasteiger partial charge in [-0.05, 0) is 36.7 Å². The van der Waals surface area contributed by atoms with Crippen LogP contribution in [-0.4, -0.2) is 78.7 Å². The number of morpholine rings is 1. The first-order chi connectivity index (χ1) is 15.1. The maximum atomic E-state index is 12.7. The Morgan fingerprint density at radius 3 is 2.84 bits per heavy atom. The van der Waals surface area contributed by atoms with Crippen LogP contribution in [0.25, 0.3) is 6.08 Å². The highest BCUT2D eigenvalue weighted by Gasteiger charge is 2.32. The zero-order valence-corrected chi connectivity index (χ0v) is 18.8. The number of thiocarbonyl (C=S) groups is 1. The number of rotatable bonds is 8. The number of hydrogen-bond acceptors (Lipinski definition) is 8. The summed E-state index contributed by atoms with van der Waals surface area (Å²) < 4.78 is 16.5. The molecule has 10 heteroatoms. The zero-order valence-electron chi connectivity index (χ0n) is 17.1. The first-order valence-corrected chi connectivity index (χ1v) is 11.5. The number of benzene rings is 1. The molecule has 3 aliphatic heterocycles. The van der Waals surface area contributed by atoms with Crippen LogP contribution in [-0.2, 0) is 14.3 Å². The van der Waals surface area contributed by atoms with E-state index >= 15 is 0 Å². The Hall–Kier alpha value is -2.14. The number of fused-ring (bicyclic) bond motifs is 1. The fraction of sp³-hybridized carbons (Fsp3) is 0.476. The lowest BCUT2D eigenvalue weighted by Crippen LogP contribution is -2.38. The van der Waals surface area contributed by atoms with Gasteiger partial charge in [-0.15, -0.1) is 0 Å². The van der Waals surface area contributed by atoms with E-state index in [9.17, 15) is 9.59 Å². The van der Waals surface area contributed by atoms with Gasteiger partial charge in [-0.3, -0.25) is 19.4 Å². The summed E-state index contributed by atoms with van der Waals surface area (Å²) in [5.41, 5.74) is 0.836. The summed E-state index contributed by atoms with van der Waals surface area (Å²) in [5.74, 6) is 1.11. The highest BCUT2D eigenvalue weighted by Crippen LogP contribution is 2.36. The van der Waals surface area contributed by atoms with Crippen LogP contribution >= 0.6 is 24.0 Å². The zero-order chi connectivity index (χ0) is 21.6. The van der Waals surface area contributed by atoms with E-state index in [0.29, 0.717) is 27.3 Å². The molecule has 0 atom stereocenters. The number of thioether (sulfide) groups is 1. The van der Waals surface area contributed by atoms with Gasteiger partial charge in [0.1, 0.15) is 4.32 Å². The van der Waals surface area contributed by atoms with Crippen LogP contribution in [0.3, 0.4) is 0 Å². The molecule has 0 aliphatic carbocycles. The second-order valence-electron chi connectivity index (χ2n) is 7.35. The van der Waals surface area contributed by atoms with Gasteiger partial charge in [-0.2, -0.15) is 0 Å². The van der Waals surface area contributed by atoms with E-state index in [1.165, 1.54) is 16.7 Å². The molecule has 1 aromatic carbocycles. The third-order valence-electron chi connectivity index (χ3n) is 5.21. The molecule has 0 aromatic heterocycles. The van der Waals surface area contributed by atoms with Gasteiger partial charge >= 0.3 is 0 Å². The maximum absolute atomic E-state index is 12.7. The summed E-state index contributed by atoms with van der Waals surface area (Å²) in [6, 6.07) is 5.52. The Labute approximate surface area is 190 Å². The van der Waals surface area contributed by atoms with Crippen LogP contribution in [0.4, 0.5) is 0 Å². The van der Waals surface area contributed by atoms with Crippen molar-refractivity contribution in [3.63, 3.8) is 0 Å². The molecule has 3 aliphatic rings. The van der Waals surface area contributed by atoms with Gasteiger partial charge in [-0.25, -0.2) is 0 Å². The third kappa shape index (κ3) is 5.76. The third-order valence-corrected chi connectivity index (χ3v) is 6.59. The predicted octanol–water partition coefficient (Wildman–Crippen LogP) is 1.85. The van der Waals surface area contributed by atoms with Crippen LogP contribution in [0.15, 0.2) is 23.1 Å². The van der Waals surface area contributed by atoms with E-state index < -0.39 is 0 Å². The minimum Gasteiger partial charge on any atom is -0.454 e. The summed E-state index contributed by atoms with van der Waals surface area (Å²) in [6.45, 7) is 5.50. The van der Waals surface area contributed by atoms with Gasteiger partial charge in [-0.1, -0.05) is 30.0 Å². The Bertz CT molecular complexity index is 886. The minimum absolute atomic E-state index is 0.0734. The van der Waals surface area contributed by atoms with Crippen molar-refractivity contribution in [3.8, 4) is 11.5 Å². The summed E-state index contributed by atoms with van der Waals surface area (Å²) in [6.07, 6.45) is 2.90. The molecule has 0 radical (unpaired) electrons. The molecule has 0 spiro atoms. The van der Waals surface area contributed by atoms with Crippen molar-refractivity contribution in [1.82, 2.24) is 15.1 Å². The van der Waals surface area contributed by atoms with Crippen molar-refractivity contribution < 1.29 is 23.8 Å². The molecular weight excluding hydrogens is 438 g/mol. The molecule has 8 nitrogen and oxygen atoms in total. The fourth-order valence-electron chi connectivity index (χ4n) is 3.50. The average molecular weight is 464 g/mol. The number of hydrogen-bond donors (Lipinski definition) is 1. The van der Waals surface area contributed by atoms with Crippen molar-refractivity contribution in [2.75, 3.05) is 52.7 Å². The number of carbonyl (C=O) groups excluding carboxylic acids is 2. The standard InChI is InChI=1S/C21H25N3O5S2/c25-19(22-5-1-6-23-8-10-27-11-9-23)4-7-24-20(26)18(31-21(24)30)13-15-2-3-16-17(12-15)29-14-28-16/h2-3,12-13H,1,4-11,14H2,(H,22,25)/b18-13-. The SMILES string of the molecule is O=C(CCN1C(=O)/C(=C/c2ccc3c(c2)OCO3)SC1=S)NCCCN1CCOCC1. The van der Waals surface area contributed by atoms with Crippen molar-refractivity contribution in [2.24, 2.45) is 0 Å². The van der Waals surface area contributed by atoms with Crippen LogP contribution in [0.2, 0.25) is 0 Å². The van der Waals surface area contributed by atoms with Crippen LogP contribution in [0, 0.1) is 0 Å². The lowest BCUT2D eigenvalue weighted by atomic mass is 10.2. The molecule has 3 heterocycles. The van der Waals surface area contributed by atoms with E-state index in [1.807, 2.05) is 18.2 Å². The van der Waals surface area contributed by atoms with Crippen molar-refractivity contribution >= 4 is 46.2 Å². The molecule has 1 N–H and O–H groups in total. The Morgan fingerprint density at radius 2 is 2.00 bits per heavy atom. The molecule has 2 fully saturated rings. The molecule has 2 saturated heterocycles. The van der Waals surface area contributed by atoms with Gasteiger partial charge in [0.05, 0.1) is 18.1 Å². The molecule has 1 aromatic rings. The summed E-state index contributed by atoms with van der Waals surface area (Å²) in [7, 11) is 0. The van der Waals surface area contributed by atoms with Gasteiger partial charge in [0.2, 0.25) is 12.7 Å². The quantitative estimate of drug-likeness (QED) is 0.356. The number of amides is 2. The molecule has 0 unspecified atom stereocenters. The first-order valence-electron chi connectivity index (χ1n) is 10.3. The van der Waals surface area contributed by atoms with E-state index in [-0.39, 0.29) is 31.6 Å². The number of carbonyl (C=O) groups is 2. The van der Waals surface area contributed by atoms with Crippen molar-refractivity contribution in [2.45, 2.75) is 12.8 Å². The number of ether oxygens (including phenoxy) is 3. The molecule has 166 valence electrons. The molecule has 4 rings (SSSR count). The molecule has 2 amide bonds. The van der Waals surface area contributed by atoms with Crippen molar-refractivity contribution in [1.29, 1.82) is 0 Å². The van der Waals surface area contributed by atoms with E-state index in [2.05, 4.69) is 10.2 Å². The smallest absolute Gasteiger partial charge is 0.266 e. The normalized spacial score (nSPS) is 20.0. The van der Waals surface area contributed by atoms with Gasteiger partial charge in [0.15, 0.2) is 11.5 Å². The van der Waals surface area contributed by atoms with E-state index in [4.69, 9.17) is 26.4 Å². The number of nitrogens with one attached hydrogen (secondary N) is 1. The highest BCUT2D eigenvalue weighted by atomic mass is 32.2. The predicted molar refractivity (Wildman–Crippen MR) is 122 cm³/mol. The van der Waals surface area contributed by atoms with E-state index in [1.54, 1.807) is 6.08 Å². The van der Waals surface area contributed by atoms with Gasteiger partial charge in [0, 0.05) is 32.6 Å². The van der Waals surface area contributed by atoms with Crippen LogP contribution in [0.1, 0.15) is 18.4 Å². The second kappa shape index (κ2) is 10.4. The molecular formula is C21H25N3O5S2. The Balaban J connectivity index is 1.22. The molecule has 0 bridgehead atoms. The maximum Gasteiger partial charge on any atom is 0.266 e. The lowest BCUT2D eigenvalue weighted by molar-refractivity contribution is -0.123. The van der Waals surface area contributed by atoms with Crippen LogP contribution < -0.4 is 14.8 Å². The van der Waals surface area contributed by atoms with E-state index in [0.717, 1.165) is 44.8 Å². The largest absolute Gasteiger partial charge is 0.454 e. The topological polar surface area (TPSA) is 80.3 Å². The van der Waals surface area contributed by atoms with Gasteiger partial charge < -0.3 is 19.5 Å². The fourth-order valence-corrected chi connectivity index (χ4v) is 4.81. The Kier molecular flexibility index (Phi) is 7.44. The molecule has 0 saturated carbocycles.